The Balaban J connectivity index is 1.71. The molecule has 1 aliphatic rings. The number of alkyl carbamates (subject to hydrolysis) is 1. The molecule has 0 aliphatic heterocycles. The number of ether oxygens (including phenoxy) is 1. The number of anilines is 1. The molecule has 3 amide bonds. The van der Waals surface area contributed by atoms with Crippen LogP contribution in [0.25, 0.3) is 0 Å². The predicted molar refractivity (Wildman–Crippen MR) is 157 cm³/mol. The summed E-state index contributed by atoms with van der Waals surface area (Å²) in [4.78, 5) is 43.0. The van der Waals surface area contributed by atoms with Crippen molar-refractivity contribution in [1.82, 2.24) is 10.2 Å². The number of benzene rings is 3. The molecular formula is C33H39N3O4. The molecule has 2 atom stereocenters. The van der Waals surface area contributed by atoms with E-state index in [0.29, 0.717) is 11.3 Å². The Kier molecular flexibility index (Phi) is 8.93. The highest BCUT2D eigenvalue weighted by Crippen LogP contribution is 2.36. The quantitative estimate of drug-likeness (QED) is 0.342. The van der Waals surface area contributed by atoms with Crippen molar-refractivity contribution in [1.29, 1.82) is 0 Å². The number of nitrogens with zero attached hydrogens (tertiary/aromatic N) is 1. The second-order valence-electron chi connectivity index (χ2n) is 11.5. The first kappa shape index (κ1) is 28.9. The molecule has 0 heterocycles. The van der Waals surface area contributed by atoms with E-state index >= 15 is 0 Å². The van der Waals surface area contributed by atoms with Gasteiger partial charge in [0.1, 0.15) is 17.7 Å². The third-order valence-corrected chi connectivity index (χ3v) is 6.79. The zero-order valence-electron chi connectivity index (χ0n) is 23.9. The SMILES string of the molecule is Cc1ccc(C(C(=O)Nc2ccccc2C)N(C(=O)C(Cc2ccccc2)NC(=O)OC(C)(C)C)C2CC2)cc1. The van der Waals surface area contributed by atoms with Crippen LogP contribution in [0.1, 0.15) is 61.9 Å². The highest BCUT2D eigenvalue weighted by molar-refractivity contribution is 5.99. The highest BCUT2D eigenvalue weighted by Gasteiger charge is 2.44. The van der Waals surface area contributed by atoms with E-state index in [1.807, 2.05) is 92.7 Å². The van der Waals surface area contributed by atoms with Crippen LogP contribution >= 0.6 is 0 Å². The number of hydrogen-bond donors (Lipinski definition) is 2. The molecule has 210 valence electrons. The Hall–Kier alpha value is -4.13. The van der Waals surface area contributed by atoms with Crippen molar-refractivity contribution in [3.05, 3.63) is 101 Å². The van der Waals surface area contributed by atoms with E-state index in [-0.39, 0.29) is 24.3 Å². The van der Waals surface area contributed by atoms with Crippen molar-refractivity contribution < 1.29 is 19.1 Å². The number of rotatable bonds is 9. The Morgan fingerprint density at radius 2 is 1.52 bits per heavy atom. The lowest BCUT2D eigenvalue weighted by Crippen LogP contribution is -2.54. The molecule has 1 aliphatic carbocycles. The van der Waals surface area contributed by atoms with Gasteiger partial charge in [0.25, 0.3) is 5.91 Å². The van der Waals surface area contributed by atoms with E-state index in [2.05, 4.69) is 10.6 Å². The molecule has 40 heavy (non-hydrogen) atoms. The summed E-state index contributed by atoms with van der Waals surface area (Å²) in [6.45, 7) is 9.25. The lowest BCUT2D eigenvalue weighted by atomic mass is 9.99. The summed E-state index contributed by atoms with van der Waals surface area (Å²) in [5, 5.41) is 5.87. The lowest BCUT2D eigenvalue weighted by Gasteiger charge is -2.35. The molecular weight excluding hydrogens is 502 g/mol. The molecule has 3 aromatic rings. The second kappa shape index (κ2) is 12.4. The minimum atomic E-state index is -0.919. The van der Waals surface area contributed by atoms with Gasteiger partial charge in [0.05, 0.1) is 0 Å². The van der Waals surface area contributed by atoms with Crippen molar-refractivity contribution in [3.8, 4) is 0 Å². The Labute approximate surface area is 236 Å². The van der Waals surface area contributed by atoms with Gasteiger partial charge in [-0.1, -0.05) is 78.4 Å². The Morgan fingerprint density at radius 3 is 2.12 bits per heavy atom. The summed E-state index contributed by atoms with van der Waals surface area (Å²) in [5.41, 5.74) is 3.56. The molecule has 2 N–H and O–H groups in total. The minimum Gasteiger partial charge on any atom is -0.444 e. The summed E-state index contributed by atoms with van der Waals surface area (Å²) >= 11 is 0. The van der Waals surface area contributed by atoms with Gasteiger partial charge in [0.2, 0.25) is 5.91 Å². The molecule has 0 aromatic heterocycles. The lowest BCUT2D eigenvalue weighted by molar-refractivity contribution is -0.141. The average molecular weight is 542 g/mol. The molecule has 3 aromatic carbocycles. The third-order valence-electron chi connectivity index (χ3n) is 6.79. The molecule has 1 saturated carbocycles. The number of carbonyl (C=O) groups is 3. The third kappa shape index (κ3) is 7.72. The van der Waals surface area contributed by atoms with Crippen LogP contribution in [0.15, 0.2) is 78.9 Å². The zero-order valence-corrected chi connectivity index (χ0v) is 23.9. The van der Waals surface area contributed by atoms with E-state index < -0.39 is 23.8 Å². The fourth-order valence-electron chi connectivity index (χ4n) is 4.65. The van der Waals surface area contributed by atoms with Crippen LogP contribution < -0.4 is 10.6 Å². The van der Waals surface area contributed by atoms with Gasteiger partial charge in [-0.2, -0.15) is 0 Å². The maximum Gasteiger partial charge on any atom is 0.408 e. The first-order chi connectivity index (χ1) is 19.0. The monoisotopic (exact) mass is 541 g/mol. The number of hydrogen-bond acceptors (Lipinski definition) is 4. The van der Waals surface area contributed by atoms with Crippen LogP contribution in [0.3, 0.4) is 0 Å². The standard InChI is InChI=1S/C33H39N3O4/c1-22-15-17-25(18-16-22)29(30(37)34-27-14-10-9-11-23(27)2)36(26-19-20-26)31(38)28(21-24-12-7-6-8-13-24)35-32(39)40-33(3,4)5/h6-18,26,28-29H,19-21H2,1-5H3,(H,34,37)(H,35,39). The van der Waals surface area contributed by atoms with E-state index in [1.165, 1.54) is 0 Å². The van der Waals surface area contributed by atoms with Crippen molar-refractivity contribution in [2.24, 2.45) is 0 Å². The van der Waals surface area contributed by atoms with Gasteiger partial charge in [-0.15, -0.1) is 0 Å². The maximum atomic E-state index is 14.4. The number of amides is 3. The van der Waals surface area contributed by atoms with Crippen molar-refractivity contribution in [3.63, 3.8) is 0 Å². The molecule has 2 unspecified atom stereocenters. The normalized spacial score (nSPS) is 14.5. The van der Waals surface area contributed by atoms with Crippen LogP contribution in [-0.4, -0.2) is 40.5 Å². The maximum absolute atomic E-state index is 14.4. The minimum absolute atomic E-state index is 0.111. The van der Waals surface area contributed by atoms with Gasteiger partial charge >= 0.3 is 6.09 Å². The van der Waals surface area contributed by atoms with Crippen LogP contribution in [0.2, 0.25) is 0 Å². The van der Waals surface area contributed by atoms with Crippen molar-refractivity contribution in [2.45, 2.75) is 77.6 Å². The summed E-state index contributed by atoms with van der Waals surface area (Å²) in [6, 6.07) is 22.9. The zero-order chi connectivity index (χ0) is 28.9. The van der Waals surface area contributed by atoms with Crippen LogP contribution in [-0.2, 0) is 20.7 Å². The van der Waals surface area contributed by atoms with Gasteiger partial charge in [0, 0.05) is 18.2 Å². The van der Waals surface area contributed by atoms with Crippen LogP contribution in [0, 0.1) is 13.8 Å². The number of para-hydroxylation sites is 1. The first-order valence-electron chi connectivity index (χ1n) is 13.8. The van der Waals surface area contributed by atoms with Gasteiger partial charge in [-0.25, -0.2) is 4.79 Å². The number of nitrogens with one attached hydrogen (secondary N) is 2. The molecule has 7 heteroatoms. The fraction of sp³-hybridized carbons (Fsp3) is 0.364. The first-order valence-corrected chi connectivity index (χ1v) is 13.8. The summed E-state index contributed by atoms with van der Waals surface area (Å²) < 4.78 is 5.51. The van der Waals surface area contributed by atoms with Crippen LogP contribution in [0.4, 0.5) is 10.5 Å². The topological polar surface area (TPSA) is 87.7 Å². The van der Waals surface area contributed by atoms with Gasteiger partial charge in [-0.3, -0.25) is 9.59 Å². The molecule has 0 bridgehead atoms. The Bertz CT molecular complexity index is 1330. The second-order valence-corrected chi connectivity index (χ2v) is 11.5. The van der Waals surface area contributed by atoms with Crippen LogP contribution in [0.5, 0.6) is 0 Å². The largest absolute Gasteiger partial charge is 0.444 e. The number of carbonyl (C=O) groups excluding carboxylic acids is 3. The molecule has 0 radical (unpaired) electrons. The van der Waals surface area contributed by atoms with E-state index in [9.17, 15) is 14.4 Å². The summed E-state index contributed by atoms with van der Waals surface area (Å²) in [6.07, 6.45) is 1.17. The Morgan fingerprint density at radius 1 is 0.900 bits per heavy atom. The van der Waals surface area contributed by atoms with Crippen molar-refractivity contribution >= 4 is 23.6 Å². The highest BCUT2D eigenvalue weighted by atomic mass is 16.6. The van der Waals surface area contributed by atoms with Gasteiger partial charge in [0.15, 0.2) is 0 Å². The molecule has 4 rings (SSSR count). The summed E-state index contributed by atoms with van der Waals surface area (Å²) in [5.74, 6) is -0.614. The smallest absolute Gasteiger partial charge is 0.408 e. The molecule has 1 fully saturated rings. The van der Waals surface area contributed by atoms with Gasteiger partial charge < -0.3 is 20.3 Å². The van der Waals surface area contributed by atoms with Gasteiger partial charge in [-0.05, 0) is 70.2 Å². The predicted octanol–water partition coefficient (Wildman–Crippen LogP) is 6.11. The van der Waals surface area contributed by atoms with E-state index in [4.69, 9.17) is 4.74 Å². The molecule has 0 spiro atoms. The van der Waals surface area contributed by atoms with E-state index in [0.717, 1.165) is 29.5 Å². The molecule has 0 saturated heterocycles. The number of aryl methyl sites for hydroxylation is 2. The van der Waals surface area contributed by atoms with Crippen molar-refractivity contribution in [2.75, 3.05) is 5.32 Å². The summed E-state index contributed by atoms with van der Waals surface area (Å²) in [7, 11) is 0. The molecule has 7 nitrogen and oxygen atoms in total. The average Bonchev–Trinajstić information content (AvgIpc) is 3.73. The van der Waals surface area contributed by atoms with E-state index in [1.54, 1.807) is 25.7 Å². The fourth-order valence-corrected chi connectivity index (χ4v) is 4.65.